The fourth-order valence-electron chi connectivity index (χ4n) is 2.26. The number of thiophene rings is 1. The molecule has 2 rings (SSSR count). The lowest BCUT2D eigenvalue weighted by Gasteiger charge is -2.34. The van der Waals surface area contributed by atoms with Crippen LogP contribution in [0.4, 0.5) is 0 Å². The van der Waals surface area contributed by atoms with Gasteiger partial charge in [-0.1, -0.05) is 18.5 Å². The van der Waals surface area contributed by atoms with Crippen molar-refractivity contribution in [3.8, 4) is 0 Å². The molecule has 9 heteroatoms. The van der Waals surface area contributed by atoms with Crippen LogP contribution in [0.15, 0.2) is 16.3 Å². The van der Waals surface area contributed by atoms with Crippen LogP contribution >= 0.6 is 22.9 Å². The first-order valence-electron chi connectivity index (χ1n) is 7.03. The fourth-order valence-corrected chi connectivity index (χ4v) is 4.76. The predicted molar refractivity (Wildman–Crippen MR) is 87.7 cm³/mol. The summed E-state index contributed by atoms with van der Waals surface area (Å²) in [5.41, 5.74) is 0.0705. The van der Waals surface area contributed by atoms with Gasteiger partial charge in [-0.2, -0.15) is 0 Å². The van der Waals surface area contributed by atoms with E-state index in [0.717, 1.165) is 37.3 Å². The second kappa shape index (κ2) is 7.27. The second-order valence-corrected chi connectivity index (χ2v) is 9.43. The third kappa shape index (κ3) is 4.92. The van der Waals surface area contributed by atoms with Crippen molar-refractivity contribution in [3.63, 3.8) is 0 Å². The first-order valence-corrected chi connectivity index (χ1v) is 9.71. The van der Waals surface area contributed by atoms with Gasteiger partial charge in [0.05, 0.1) is 10.9 Å². The molecule has 6 nitrogen and oxygen atoms in total. The lowest BCUT2D eigenvalue weighted by molar-refractivity contribution is -0.120. The average Bonchev–Trinajstić information content (AvgIpc) is 2.91. The van der Waals surface area contributed by atoms with Crippen molar-refractivity contribution in [3.05, 3.63) is 16.5 Å². The molecule has 0 aliphatic carbocycles. The van der Waals surface area contributed by atoms with Crippen LogP contribution in [0.3, 0.4) is 0 Å². The van der Waals surface area contributed by atoms with Crippen molar-refractivity contribution in [2.45, 2.75) is 24.0 Å². The Morgan fingerprint density at radius 3 is 2.68 bits per heavy atom. The molecule has 124 valence electrons. The van der Waals surface area contributed by atoms with E-state index in [-0.39, 0.29) is 22.1 Å². The van der Waals surface area contributed by atoms with Gasteiger partial charge in [0, 0.05) is 6.54 Å². The summed E-state index contributed by atoms with van der Waals surface area (Å²) in [6, 6.07) is 2.93. The Balaban J connectivity index is 1.80. The normalized spacial score (nSPS) is 18.1. The molecule has 2 heterocycles. The number of amides is 1. The maximum absolute atomic E-state index is 12.0. The van der Waals surface area contributed by atoms with Crippen molar-refractivity contribution in [1.82, 2.24) is 15.4 Å². The Morgan fingerprint density at radius 2 is 2.09 bits per heavy atom. The Hall–Kier alpha value is -0.670. The van der Waals surface area contributed by atoms with Gasteiger partial charge in [0.15, 0.2) is 0 Å². The summed E-state index contributed by atoms with van der Waals surface area (Å²) in [6.45, 7) is 4.30. The lowest BCUT2D eigenvalue weighted by atomic mass is 9.81. The van der Waals surface area contributed by atoms with Crippen LogP contribution in [0.25, 0.3) is 0 Å². The first kappa shape index (κ1) is 17.7. The number of halogens is 1. The van der Waals surface area contributed by atoms with Crippen LogP contribution in [0, 0.1) is 5.41 Å². The zero-order valence-corrected chi connectivity index (χ0v) is 14.7. The topological polar surface area (TPSA) is 87.3 Å². The molecule has 1 fully saturated rings. The minimum absolute atomic E-state index is 0.0705. The van der Waals surface area contributed by atoms with Crippen molar-refractivity contribution >= 4 is 38.9 Å². The minimum atomic E-state index is -3.68. The van der Waals surface area contributed by atoms with Crippen LogP contribution in [-0.2, 0) is 14.8 Å². The van der Waals surface area contributed by atoms with Crippen molar-refractivity contribution in [2.24, 2.45) is 5.41 Å². The second-order valence-electron chi connectivity index (χ2n) is 5.72. The summed E-state index contributed by atoms with van der Waals surface area (Å²) >= 11 is 6.68. The van der Waals surface area contributed by atoms with Crippen LogP contribution in [-0.4, -0.2) is 40.5 Å². The first-order chi connectivity index (χ1) is 10.3. The SMILES string of the molecule is CC1(CNC(=O)CNS(=O)(=O)c2ccc(Cl)s2)CCNCC1. The fraction of sp³-hybridized carbons (Fsp3) is 0.615. The molecular weight excluding hydrogens is 346 g/mol. The number of carbonyl (C=O) groups excluding carboxylic acids is 1. The van der Waals surface area contributed by atoms with Gasteiger partial charge < -0.3 is 10.6 Å². The Labute approximate surface area is 139 Å². The van der Waals surface area contributed by atoms with Gasteiger partial charge in [0.25, 0.3) is 10.0 Å². The number of hydrogen-bond donors (Lipinski definition) is 3. The molecule has 1 aliphatic rings. The summed E-state index contributed by atoms with van der Waals surface area (Å²) in [7, 11) is -3.68. The average molecular weight is 366 g/mol. The molecule has 0 atom stereocenters. The smallest absolute Gasteiger partial charge is 0.250 e. The van der Waals surface area contributed by atoms with Crippen molar-refractivity contribution in [1.29, 1.82) is 0 Å². The largest absolute Gasteiger partial charge is 0.354 e. The molecule has 0 unspecified atom stereocenters. The Morgan fingerprint density at radius 1 is 1.41 bits per heavy atom. The Bertz CT molecular complexity index is 624. The molecule has 1 saturated heterocycles. The molecule has 1 aromatic heterocycles. The number of rotatable bonds is 6. The molecule has 0 radical (unpaired) electrons. The van der Waals surface area contributed by atoms with E-state index < -0.39 is 10.0 Å². The van der Waals surface area contributed by atoms with Crippen LogP contribution in [0.2, 0.25) is 4.34 Å². The maximum atomic E-state index is 12.0. The van der Waals surface area contributed by atoms with E-state index in [1.807, 2.05) is 0 Å². The Kier molecular flexibility index (Phi) is 5.84. The molecule has 1 aromatic rings. The van der Waals surface area contributed by atoms with Gasteiger partial charge in [0.2, 0.25) is 5.91 Å². The highest BCUT2D eigenvalue weighted by Crippen LogP contribution is 2.27. The highest BCUT2D eigenvalue weighted by atomic mass is 35.5. The van der Waals surface area contributed by atoms with E-state index in [0.29, 0.717) is 10.9 Å². The summed E-state index contributed by atoms with van der Waals surface area (Å²) < 4.78 is 26.7. The van der Waals surface area contributed by atoms with Crippen LogP contribution in [0.5, 0.6) is 0 Å². The highest BCUT2D eigenvalue weighted by molar-refractivity contribution is 7.91. The van der Waals surface area contributed by atoms with Gasteiger partial charge in [-0.25, -0.2) is 13.1 Å². The summed E-state index contributed by atoms with van der Waals surface area (Å²) in [4.78, 5) is 11.8. The van der Waals surface area contributed by atoms with Gasteiger partial charge in [-0.3, -0.25) is 4.79 Å². The van der Waals surface area contributed by atoms with Crippen molar-refractivity contribution in [2.75, 3.05) is 26.2 Å². The number of piperidine rings is 1. The summed E-state index contributed by atoms with van der Waals surface area (Å²) in [5.74, 6) is -0.328. The summed E-state index contributed by atoms with van der Waals surface area (Å²) in [6.07, 6.45) is 1.99. The summed E-state index contributed by atoms with van der Waals surface area (Å²) in [5, 5.41) is 6.08. The van der Waals surface area contributed by atoms with Gasteiger partial charge in [-0.15, -0.1) is 11.3 Å². The van der Waals surface area contributed by atoms with Crippen molar-refractivity contribution < 1.29 is 13.2 Å². The standard InChI is InChI=1S/C13H20ClN3O3S2/c1-13(4-6-15-7-5-13)9-16-11(18)8-17-22(19,20)12-3-2-10(14)21-12/h2-3,15,17H,4-9H2,1H3,(H,16,18). The van der Waals surface area contributed by atoms with E-state index >= 15 is 0 Å². The monoisotopic (exact) mass is 365 g/mol. The zero-order valence-electron chi connectivity index (χ0n) is 12.3. The highest BCUT2D eigenvalue weighted by Gasteiger charge is 2.27. The molecule has 0 bridgehead atoms. The molecular formula is C13H20ClN3O3S2. The van der Waals surface area contributed by atoms with E-state index in [1.54, 1.807) is 0 Å². The number of carbonyl (C=O) groups is 1. The van der Waals surface area contributed by atoms with Crippen LogP contribution in [0.1, 0.15) is 19.8 Å². The van der Waals surface area contributed by atoms with E-state index in [4.69, 9.17) is 11.6 Å². The number of sulfonamides is 1. The zero-order chi connectivity index (χ0) is 16.2. The molecule has 1 aliphatic heterocycles. The van der Waals surface area contributed by atoms with Gasteiger partial charge in [0.1, 0.15) is 4.21 Å². The number of nitrogens with one attached hydrogen (secondary N) is 3. The molecule has 22 heavy (non-hydrogen) atoms. The maximum Gasteiger partial charge on any atom is 0.250 e. The van der Waals surface area contributed by atoms with Crippen LogP contribution < -0.4 is 15.4 Å². The molecule has 3 N–H and O–H groups in total. The van der Waals surface area contributed by atoms with Gasteiger partial charge >= 0.3 is 0 Å². The third-order valence-corrected chi connectivity index (χ3v) is 6.88. The van der Waals surface area contributed by atoms with E-state index in [9.17, 15) is 13.2 Å². The molecule has 0 spiro atoms. The van der Waals surface area contributed by atoms with Gasteiger partial charge in [-0.05, 0) is 43.5 Å². The quantitative estimate of drug-likeness (QED) is 0.706. The molecule has 0 aromatic carbocycles. The predicted octanol–water partition coefficient (Wildman–Crippen LogP) is 1.19. The van der Waals surface area contributed by atoms with E-state index in [2.05, 4.69) is 22.3 Å². The third-order valence-electron chi connectivity index (χ3n) is 3.76. The number of hydrogen-bond acceptors (Lipinski definition) is 5. The minimum Gasteiger partial charge on any atom is -0.354 e. The van der Waals surface area contributed by atoms with E-state index in [1.165, 1.54) is 12.1 Å². The molecule has 1 amide bonds. The molecule has 0 saturated carbocycles. The lowest BCUT2D eigenvalue weighted by Crippen LogP contribution is -2.45.